The van der Waals surface area contributed by atoms with Crippen LogP contribution >= 0.6 is 0 Å². The van der Waals surface area contributed by atoms with Gasteiger partial charge in [0.2, 0.25) is 0 Å². The Kier molecular flexibility index (Phi) is 3.53. The van der Waals surface area contributed by atoms with Gasteiger partial charge in [-0.05, 0) is 64.1 Å². The Bertz CT molecular complexity index is 1110. The van der Waals surface area contributed by atoms with Crippen LogP contribution < -0.4 is 26.2 Å². The number of nitrogens with zero attached hydrogens (tertiary/aromatic N) is 2. The molecule has 0 spiro atoms. The molecule has 3 aromatic rings. The summed E-state index contributed by atoms with van der Waals surface area (Å²) in [6, 6.07) is 20.5. The van der Waals surface area contributed by atoms with Crippen LogP contribution in [-0.4, -0.2) is 20.8 Å². The highest BCUT2D eigenvalue weighted by molar-refractivity contribution is 7.00. The molecule has 28 heavy (non-hydrogen) atoms. The molecule has 0 bridgehead atoms. The number of hydrogen-bond acceptors (Lipinski definition) is 2. The lowest BCUT2D eigenvalue weighted by atomic mass is 9.32. The van der Waals surface area contributed by atoms with Gasteiger partial charge in [0, 0.05) is 36.8 Å². The molecule has 2 heterocycles. The average molecular weight is 366 g/mol. The summed E-state index contributed by atoms with van der Waals surface area (Å²) in [7, 11) is 4.41. The predicted octanol–water partition coefficient (Wildman–Crippen LogP) is 3.97. The summed E-state index contributed by atoms with van der Waals surface area (Å²) in [4.78, 5) is 4.75. The van der Waals surface area contributed by atoms with Gasteiger partial charge in [0.15, 0.2) is 0 Å². The van der Waals surface area contributed by atoms with Gasteiger partial charge in [0.25, 0.3) is 6.71 Å². The molecule has 0 saturated heterocycles. The van der Waals surface area contributed by atoms with Crippen molar-refractivity contribution in [2.24, 2.45) is 0 Å². The Morgan fingerprint density at radius 2 is 1.29 bits per heavy atom. The minimum absolute atomic E-state index is 0.0901. The van der Waals surface area contributed by atoms with Crippen molar-refractivity contribution in [2.45, 2.75) is 33.1 Å². The second-order valence-corrected chi connectivity index (χ2v) is 9.31. The maximum atomic E-state index is 2.38. The van der Waals surface area contributed by atoms with Crippen molar-refractivity contribution in [3.05, 3.63) is 65.7 Å². The Morgan fingerprint density at radius 3 is 1.93 bits per heavy atom. The van der Waals surface area contributed by atoms with Crippen LogP contribution in [0.25, 0.3) is 0 Å². The third-order valence-electron chi connectivity index (χ3n) is 6.47. The maximum Gasteiger partial charge on any atom is 0.252 e. The fourth-order valence-corrected chi connectivity index (χ4v) is 5.13. The predicted molar refractivity (Wildman–Crippen MR) is 124 cm³/mol. The van der Waals surface area contributed by atoms with E-state index in [4.69, 9.17) is 0 Å². The fourth-order valence-electron chi connectivity index (χ4n) is 5.13. The third kappa shape index (κ3) is 2.22. The summed E-state index contributed by atoms with van der Waals surface area (Å²) in [5, 5.41) is 0. The zero-order valence-electron chi connectivity index (χ0n) is 17.7. The Hall–Kier alpha value is -2.68. The lowest BCUT2D eigenvalue weighted by Crippen LogP contribution is -2.63. The van der Waals surface area contributed by atoms with Crippen molar-refractivity contribution in [2.75, 3.05) is 23.9 Å². The summed E-state index contributed by atoms with van der Waals surface area (Å²) < 4.78 is 0. The first-order valence-corrected chi connectivity index (χ1v) is 10.1. The Labute approximate surface area is 168 Å². The molecule has 140 valence electrons. The monoisotopic (exact) mass is 366 g/mol. The first-order valence-electron chi connectivity index (χ1n) is 10.1. The summed E-state index contributed by atoms with van der Waals surface area (Å²) in [6.45, 7) is 9.45. The number of benzene rings is 3. The van der Waals surface area contributed by atoms with Crippen LogP contribution in [0.15, 0.2) is 54.6 Å². The van der Waals surface area contributed by atoms with Gasteiger partial charge in [-0.1, -0.05) is 51.1 Å². The van der Waals surface area contributed by atoms with E-state index in [1.807, 2.05) is 0 Å². The molecule has 0 amide bonds. The largest absolute Gasteiger partial charge is 0.345 e. The molecular formula is C25H27BN2. The highest BCUT2D eigenvalue weighted by Gasteiger charge is 2.42. The lowest BCUT2D eigenvalue weighted by Gasteiger charge is -2.43. The molecule has 0 N–H and O–H groups in total. The van der Waals surface area contributed by atoms with Crippen molar-refractivity contribution >= 4 is 45.9 Å². The molecule has 0 fully saturated rings. The third-order valence-corrected chi connectivity index (χ3v) is 6.47. The Morgan fingerprint density at radius 1 is 0.714 bits per heavy atom. The quantitative estimate of drug-likeness (QED) is 0.556. The first kappa shape index (κ1) is 17.4. The second-order valence-electron chi connectivity index (χ2n) is 9.31. The van der Waals surface area contributed by atoms with Gasteiger partial charge in [0.1, 0.15) is 0 Å². The van der Waals surface area contributed by atoms with E-state index in [0.717, 1.165) is 0 Å². The summed E-state index contributed by atoms with van der Waals surface area (Å²) in [5.41, 5.74) is 12.5. The van der Waals surface area contributed by atoms with Gasteiger partial charge in [-0.15, -0.1) is 0 Å². The normalized spacial score (nSPS) is 14.6. The van der Waals surface area contributed by atoms with Crippen LogP contribution in [0.5, 0.6) is 0 Å². The topological polar surface area (TPSA) is 6.48 Å². The number of aryl methyl sites for hydroxylation is 1. The molecule has 0 radical (unpaired) electrons. The van der Waals surface area contributed by atoms with E-state index in [1.165, 1.54) is 50.3 Å². The molecule has 2 aliphatic rings. The molecule has 0 aliphatic carbocycles. The van der Waals surface area contributed by atoms with Crippen LogP contribution in [0.2, 0.25) is 0 Å². The molecule has 2 nitrogen and oxygen atoms in total. The van der Waals surface area contributed by atoms with E-state index in [9.17, 15) is 0 Å². The van der Waals surface area contributed by atoms with E-state index in [1.54, 1.807) is 0 Å². The van der Waals surface area contributed by atoms with Crippen LogP contribution in [-0.2, 0) is 5.41 Å². The van der Waals surface area contributed by atoms with Gasteiger partial charge < -0.3 is 9.80 Å². The van der Waals surface area contributed by atoms with E-state index < -0.39 is 0 Å². The molecule has 0 unspecified atom stereocenters. The van der Waals surface area contributed by atoms with Gasteiger partial charge in [-0.25, -0.2) is 0 Å². The lowest BCUT2D eigenvalue weighted by molar-refractivity contribution is 0.594. The molecular weight excluding hydrogens is 339 g/mol. The molecule has 0 saturated carbocycles. The highest BCUT2D eigenvalue weighted by Crippen LogP contribution is 2.37. The van der Waals surface area contributed by atoms with Crippen LogP contribution in [0.4, 0.5) is 22.7 Å². The maximum absolute atomic E-state index is 2.38. The molecule has 3 heteroatoms. The van der Waals surface area contributed by atoms with Crippen molar-refractivity contribution < 1.29 is 0 Å². The Balaban J connectivity index is 1.92. The average Bonchev–Trinajstić information content (AvgIpc) is 2.66. The summed E-state index contributed by atoms with van der Waals surface area (Å²) in [5.74, 6) is 0. The highest BCUT2D eigenvalue weighted by atomic mass is 15.1. The molecule has 3 aromatic carbocycles. The minimum Gasteiger partial charge on any atom is -0.345 e. The van der Waals surface area contributed by atoms with E-state index >= 15 is 0 Å². The van der Waals surface area contributed by atoms with Gasteiger partial charge >= 0.3 is 0 Å². The number of hydrogen-bond donors (Lipinski definition) is 0. The standard InChI is InChI=1S/C25H27BN2/c1-16-13-14-18-22(15-16)28(6)21-12-8-11-20-24(21)26(18)23-17(25(2,3)4)9-7-10-19(23)27(20)5/h7-15H,1-6H3. The smallest absolute Gasteiger partial charge is 0.252 e. The fraction of sp³-hybridized carbons (Fsp3) is 0.280. The number of anilines is 4. The van der Waals surface area contributed by atoms with Crippen molar-refractivity contribution in [1.29, 1.82) is 0 Å². The van der Waals surface area contributed by atoms with E-state index in [0.29, 0.717) is 0 Å². The van der Waals surface area contributed by atoms with E-state index in [-0.39, 0.29) is 12.1 Å². The van der Waals surface area contributed by atoms with E-state index in [2.05, 4.69) is 106 Å². The minimum atomic E-state index is 0.0901. The van der Waals surface area contributed by atoms with Gasteiger partial charge in [0.05, 0.1) is 0 Å². The molecule has 2 aliphatic heterocycles. The molecule has 0 aromatic heterocycles. The zero-order chi connectivity index (χ0) is 19.8. The van der Waals surface area contributed by atoms with Crippen LogP contribution in [0.1, 0.15) is 31.9 Å². The van der Waals surface area contributed by atoms with Gasteiger partial charge in [-0.2, -0.15) is 0 Å². The van der Waals surface area contributed by atoms with Crippen LogP contribution in [0.3, 0.4) is 0 Å². The van der Waals surface area contributed by atoms with Gasteiger partial charge in [-0.3, -0.25) is 0 Å². The second kappa shape index (κ2) is 5.67. The molecule has 5 rings (SSSR count). The van der Waals surface area contributed by atoms with Crippen molar-refractivity contribution in [3.63, 3.8) is 0 Å². The SMILES string of the molecule is Cc1ccc2c(c1)N(C)c1cccc3c1B2c1c(cccc1C(C)(C)C)N3C. The van der Waals surface area contributed by atoms with Crippen molar-refractivity contribution in [1.82, 2.24) is 0 Å². The number of rotatable bonds is 0. The summed E-state index contributed by atoms with van der Waals surface area (Å²) in [6.07, 6.45) is 0. The number of fused-ring (bicyclic) bond motifs is 4. The van der Waals surface area contributed by atoms with Crippen LogP contribution in [0, 0.1) is 6.92 Å². The molecule has 0 atom stereocenters. The zero-order valence-corrected chi connectivity index (χ0v) is 17.7. The summed E-state index contributed by atoms with van der Waals surface area (Å²) >= 11 is 0. The van der Waals surface area contributed by atoms with Crippen molar-refractivity contribution in [3.8, 4) is 0 Å². The first-order chi connectivity index (χ1) is 13.3.